The van der Waals surface area contributed by atoms with E-state index in [9.17, 15) is 4.79 Å². The minimum atomic E-state index is -0.137. The molecular weight excluding hydrogens is 282 g/mol. The normalized spacial score (nSPS) is 18.7. The fraction of sp³-hybridized carbons (Fsp3) is 0.438. The lowest BCUT2D eigenvalue weighted by atomic mass is 10.1. The first-order chi connectivity index (χ1) is 10.6. The van der Waals surface area contributed by atoms with Crippen LogP contribution in [0.1, 0.15) is 47.7 Å². The lowest BCUT2D eigenvalue weighted by molar-refractivity contribution is -0.0240. The van der Waals surface area contributed by atoms with Gasteiger partial charge in [0, 0.05) is 25.0 Å². The summed E-state index contributed by atoms with van der Waals surface area (Å²) in [5, 5.41) is 3.95. The van der Waals surface area contributed by atoms with Gasteiger partial charge < -0.3 is 14.2 Å². The number of pyridine rings is 1. The van der Waals surface area contributed by atoms with E-state index in [0.29, 0.717) is 25.5 Å². The molecule has 0 bridgehead atoms. The van der Waals surface area contributed by atoms with Gasteiger partial charge in [0.15, 0.2) is 0 Å². The molecule has 3 rings (SSSR count). The van der Waals surface area contributed by atoms with Gasteiger partial charge in [-0.3, -0.25) is 9.78 Å². The highest BCUT2D eigenvalue weighted by Crippen LogP contribution is 2.23. The van der Waals surface area contributed by atoms with Crippen LogP contribution in [-0.2, 0) is 4.74 Å². The topological polar surface area (TPSA) is 68.5 Å². The fourth-order valence-corrected chi connectivity index (χ4v) is 2.43. The number of aromatic nitrogens is 2. The van der Waals surface area contributed by atoms with E-state index in [-0.39, 0.29) is 17.9 Å². The number of nitrogens with zero attached hydrogens (tertiary/aromatic N) is 3. The predicted octanol–water partition coefficient (Wildman–Crippen LogP) is 2.41. The third-order valence-corrected chi connectivity index (χ3v) is 3.76. The van der Waals surface area contributed by atoms with Crippen LogP contribution >= 0.6 is 0 Å². The monoisotopic (exact) mass is 301 g/mol. The Labute approximate surface area is 129 Å². The van der Waals surface area contributed by atoms with Gasteiger partial charge in [-0.05, 0) is 23.6 Å². The van der Waals surface area contributed by atoms with E-state index in [4.69, 9.17) is 9.26 Å². The first kappa shape index (κ1) is 14.7. The van der Waals surface area contributed by atoms with Crippen LogP contribution in [0.3, 0.4) is 0 Å². The summed E-state index contributed by atoms with van der Waals surface area (Å²) in [5.74, 6) is 0.389. The number of morpholine rings is 1. The summed E-state index contributed by atoms with van der Waals surface area (Å²) >= 11 is 0. The second kappa shape index (κ2) is 6.27. The average molecular weight is 301 g/mol. The van der Waals surface area contributed by atoms with Crippen LogP contribution in [0.15, 0.2) is 35.1 Å². The van der Waals surface area contributed by atoms with Gasteiger partial charge in [0.25, 0.3) is 5.91 Å². The summed E-state index contributed by atoms with van der Waals surface area (Å²) in [6, 6.07) is 5.54. The number of hydrogen-bond acceptors (Lipinski definition) is 5. The van der Waals surface area contributed by atoms with Gasteiger partial charge in [0.2, 0.25) is 5.76 Å². The third-order valence-electron chi connectivity index (χ3n) is 3.76. The second-order valence-corrected chi connectivity index (χ2v) is 5.66. The number of carbonyl (C=O) groups is 1. The SMILES string of the molecule is CC(C)c1cc(C(=O)N2CCO[C@@H](c3ccncc3)C2)on1. The van der Waals surface area contributed by atoms with Crippen molar-refractivity contribution in [2.45, 2.75) is 25.9 Å². The number of hydrogen-bond donors (Lipinski definition) is 0. The molecule has 2 aromatic heterocycles. The highest BCUT2D eigenvalue weighted by molar-refractivity contribution is 5.91. The Hall–Kier alpha value is -2.21. The van der Waals surface area contributed by atoms with Crippen molar-refractivity contribution in [1.29, 1.82) is 0 Å². The van der Waals surface area contributed by atoms with Gasteiger partial charge >= 0.3 is 0 Å². The van der Waals surface area contributed by atoms with Gasteiger partial charge in [-0.25, -0.2) is 0 Å². The van der Waals surface area contributed by atoms with Crippen molar-refractivity contribution in [2.24, 2.45) is 0 Å². The smallest absolute Gasteiger partial charge is 0.292 e. The highest BCUT2D eigenvalue weighted by Gasteiger charge is 2.28. The zero-order chi connectivity index (χ0) is 15.5. The van der Waals surface area contributed by atoms with Crippen LogP contribution in [0.4, 0.5) is 0 Å². The second-order valence-electron chi connectivity index (χ2n) is 5.66. The van der Waals surface area contributed by atoms with Crippen molar-refractivity contribution < 1.29 is 14.1 Å². The van der Waals surface area contributed by atoms with Crippen molar-refractivity contribution >= 4 is 5.91 Å². The summed E-state index contributed by atoms with van der Waals surface area (Å²) in [6.07, 6.45) is 3.32. The maximum atomic E-state index is 12.5. The molecule has 2 aromatic rings. The average Bonchev–Trinajstić information content (AvgIpc) is 3.05. The highest BCUT2D eigenvalue weighted by atomic mass is 16.5. The Morgan fingerprint density at radius 1 is 1.36 bits per heavy atom. The lowest BCUT2D eigenvalue weighted by Gasteiger charge is -2.32. The molecule has 0 unspecified atom stereocenters. The molecule has 1 saturated heterocycles. The molecule has 0 N–H and O–H groups in total. The Balaban J connectivity index is 1.72. The van der Waals surface area contributed by atoms with Gasteiger partial charge in [0.1, 0.15) is 6.10 Å². The Bertz CT molecular complexity index is 639. The minimum Gasteiger partial charge on any atom is -0.370 e. The van der Waals surface area contributed by atoms with Crippen LogP contribution in [-0.4, -0.2) is 40.6 Å². The van der Waals surface area contributed by atoms with Crippen molar-refractivity contribution in [3.8, 4) is 0 Å². The largest absolute Gasteiger partial charge is 0.370 e. The molecule has 0 aliphatic carbocycles. The molecule has 116 valence electrons. The molecule has 1 amide bonds. The van der Waals surface area contributed by atoms with E-state index < -0.39 is 0 Å². The van der Waals surface area contributed by atoms with E-state index in [0.717, 1.165) is 11.3 Å². The summed E-state index contributed by atoms with van der Waals surface area (Å²) in [5.41, 5.74) is 1.82. The fourth-order valence-electron chi connectivity index (χ4n) is 2.43. The van der Waals surface area contributed by atoms with Crippen LogP contribution in [0.25, 0.3) is 0 Å². The van der Waals surface area contributed by atoms with E-state index in [1.54, 1.807) is 23.4 Å². The van der Waals surface area contributed by atoms with Crippen molar-refractivity contribution in [3.63, 3.8) is 0 Å². The van der Waals surface area contributed by atoms with Gasteiger partial charge in [-0.2, -0.15) is 0 Å². The van der Waals surface area contributed by atoms with Crippen LogP contribution in [0, 0.1) is 0 Å². The summed E-state index contributed by atoms with van der Waals surface area (Å²) in [7, 11) is 0. The maximum Gasteiger partial charge on any atom is 0.292 e. The Morgan fingerprint density at radius 3 is 2.82 bits per heavy atom. The van der Waals surface area contributed by atoms with Crippen molar-refractivity contribution in [3.05, 3.63) is 47.6 Å². The Morgan fingerprint density at radius 2 is 2.14 bits per heavy atom. The first-order valence-electron chi connectivity index (χ1n) is 7.42. The van der Waals surface area contributed by atoms with E-state index >= 15 is 0 Å². The van der Waals surface area contributed by atoms with Crippen molar-refractivity contribution in [1.82, 2.24) is 15.0 Å². The first-order valence-corrected chi connectivity index (χ1v) is 7.42. The van der Waals surface area contributed by atoms with Gasteiger partial charge in [-0.1, -0.05) is 19.0 Å². The van der Waals surface area contributed by atoms with Gasteiger partial charge in [-0.15, -0.1) is 0 Å². The molecule has 0 saturated carbocycles. The van der Waals surface area contributed by atoms with Crippen LogP contribution in [0.2, 0.25) is 0 Å². The molecule has 1 aliphatic rings. The standard InChI is InChI=1S/C16H19N3O3/c1-11(2)13-9-14(22-18-13)16(20)19-7-8-21-15(10-19)12-3-5-17-6-4-12/h3-6,9,11,15H,7-8,10H2,1-2H3/t15-/m1/s1. The number of carbonyl (C=O) groups excluding carboxylic acids is 1. The molecule has 0 spiro atoms. The van der Waals surface area contributed by atoms with E-state index in [1.807, 2.05) is 26.0 Å². The molecule has 0 radical (unpaired) electrons. The van der Waals surface area contributed by atoms with E-state index in [2.05, 4.69) is 10.1 Å². The quantitative estimate of drug-likeness (QED) is 0.870. The minimum absolute atomic E-state index is 0.131. The van der Waals surface area contributed by atoms with E-state index in [1.165, 1.54) is 0 Å². The Kier molecular flexibility index (Phi) is 4.20. The molecule has 3 heterocycles. The summed E-state index contributed by atoms with van der Waals surface area (Å²) in [6.45, 7) is 5.59. The summed E-state index contributed by atoms with van der Waals surface area (Å²) < 4.78 is 10.9. The zero-order valence-electron chi connectivity index (χ0n) is 12.7. The molecule has 22 heavy (non-hydrogen) atoms. The zero-order valence-corrected chi connectivity index (χ0v) is 12.7. The van der Waals surface area contributed by atoms with Crippen LogP contribution in [0.5, 0.6) is 0 Å². The van der Waals surface area contributed by atoms with Crippen LogP contribution < -0.4 is 0 Å². The predicted molar refractivity (Wildman–Crippen MR) is 79.4 cm³/mol. The molecule has 6 nitrogen and oxygen atoms in total. The molecule has 1 aliphatic heterocycles. The number of amides is 1. The number of rotatable bonds is 3. The third kappa shape index (κ3) is 3.01. The molecule has 0 aromatic carbocycles. The summed E-state index contributed by atoms with van der Waals surface area (Å²) in [4.78, 5) is 18.3. The molecular formula is C16H19N3O3. The molecule has 1 fully saturated rings. The molecule has 6 heteroatoms. The van der Waals surface area contributed by atoms with Crippen molar-refractivity contribution in [2.75, 3.05) is 19.7 Å². The lowest BCUT2D eigenvalue weighted by Crippen LogP contribution is -2.42. The number of ether oxygens (including phenoxy) is 1. The molecule has 1 atom stereocenters. The maximum absolute atomic E-state index is 12.5. The van der Waals surface area contributed by atoms with Gasteiger partial charge in [0.05, 0.1) is 18.8 Å².